The molecule has 1 aromatic heterocycles. The number of methoxy groups -OCH3 is 2. The number of nitrogens with zero attached hydrogens (tertiary/aromatic N) is 2. The monoisotopic (exact) mass is 309 g/mol. The van der Waals surface area contributed by atoms with Gasteiger partial charge in [-0.25, -0.2) is 9.97 Å². The van der Waals surface area contributed by atoms with Crippen molar-refractivity contribution in [1.29, 1.82) is 0 Å². The van der Waals surface area contributed by atoms with Crippen molar-refractivity contribution < 1.29 is 14.6 Å². The molecule has 21 heavy (non-hydrogen) atoms. The topological polar surface area (TPSA) is 76.5 Å². The molecule has 1 heterocycles. The molecule has 0 spiro atoms. The van der Waals surface area contributed by atoms with Crippen LogP contribution in [0.5, 0.6) is 11.5 Å². The molecule has 0 saturated heterocycles. The Hall–Kier alpha value is -2.05. The molecule has 2 N–H and O–H groups in total. The van der Waals surface area contributed by atoms with Crippen LogP contribution in [0.2, 0.25) is 5.15 Å². The van der Waals surface area contributed by atoms with Crippen molar-refractivity contribution in [3.05, 3.63) is 41.3 Å². The summed E-state index contributed by atoms with van der Waals surface area (Å²) in [6, 6.07) is 5.24. The summed E-state index contributed by atoms with van der Waals surface area (Å²) < 4.78 is 10.4. The quantitative estimate of drug-likeness (QED) is 0.852. The molecule has 7 heteroatoms. The summed E-state index contributed by atoms with van der Waals surface area (Å²) in [6.45, 7) is 0.244. The van der Waals surface area contributed by atoms with E-state index >= 15 is 0 Å². The van der Waals surface area contributed by atoms with E-state index in [1.165, 1.54) is 12.4 Å². The molecule has 0 bridgehead atoms. The SMILES string of the molecule is COc1ccc(C(O)CNc2nccnc2Cl)cc1OC. The van der Waals surface area contributed by atoms with E-state index in [-0.39, 0.29) is 11.7 Å². The first kappa shape index (κ1) is 15.3. The van der Waals surface area contributed by atoms with E-state index in [1.807, 2.05) is 0 Å². The van der Waals surface area contributed by atoms with Gasteiger partial charge in [0.25, 0.3) is 0 Å². The summed E-state index contributed by atoms with van der Waals surface area (Å²) in [6.07, 6.45) is 2.28. The Morgan fingerprint density at radius 2 is 1.90 bits per heavy atom. The molecule has 0 aliphatic heterocycles. The van der Waals surface area contributed by atoms with Crippen molar-refractivity contribution in [2.24, 2.45) is 0 Å². The molecule has 1 aromatic carbocycles. The third kappa shape index (κ3) is 3.74. The first-order chi connectivity index (χ1) is 10.2. The second kappa shape index (κ2) is 7.10. The molecule has 6 nitrogen and oxygen atoms in total. The van der Waals surface area contributed by atoms with Gasteiger partial charge in [-0.3, -0.25) is 0 Å². The average molecular weight is 310 g/mol. The summed E-state index contributed by atoms with van der Waals surface area (Å²) in [5, 5.41) is 13.4. The molecular formula is C14H16ClN3O3. The first-order valence-corrected chi connectivity index (χ1v) is 6.64. The number of anilines is 1. The van der Waals surface area contributed by atoms with Crippen LogP contribution in [0, 0.1) is 0 Å². The van der Waals surface area contributed by atoms with Crippen molar-refractivity contribution in [1.82, 2.24) is 9.97 Å². The maximum atomic E-state index is 10.2. The van der Waals surface area contributed by atoms with Gasteiger partial charge >= 0.3 is 0 Å². The lowest BCUT2D eigenvalue weighted by Gasteiger charge is -2.15. The van der Waals surface area contributed by atoms with E-state index in [9.17, 15) is 5.11 Å². The summed E-state index contributed by atoms with van der Waals surface area (Å²) in [5.41, 5.74) is 0.695. The lowest BCUT2D eigenvalue weighted by molar-refractivity contribution is 0.191. The first-order valence-electron chi connectivity index (χ1n) is 6.26. The minimum Gasteiger partial charge on any atom is -0.493 e. The fraction of sp³-hybridized carbons (Fsp3) is 0.286. The number of rotatable bonds is 6. The van der Waals surface area contributed by atoms with Gasteiger partial charge in [0.15, 0.2) is 22.5 Å². The number of ether oxygens (including phenoxy) is 2. The number of aliphatic hydroxyl groups excluding tert-OH is 1. The van der Waals surface area contributed by atoms with Crippen LogP contribution in [-0.2, 0) is 0 Å². The van der Waals surface area contributed by atoms with Gasteiger partial charge in [0.2, 0.25) is 0 Å². The normalized spacial score (nSPS) is 11.8. The molecular weight excluding hydrogens is 294 g/mol. The molecule has 1 unspecified atom stereocenters. The number of benzene rings is 1. The standard InChI is InChI=1S/C14H16ClN3O3/c1-20-11-4-3-9(7-12(11)21-2)10(19)8-18-14-13(15)16-5-6-17-14/h3-7,10,19H,8H2,1-2H3,(H,17,18). The molecule has 1 atom stereocenters. The fourth-order valence-corrected chi connectivity index (χ4v) is 1.98. The van der Waals surface area contributed by atoms with Gasteiger partial charge in [-0.15, -0.1) is 0 Å². The van der Waals surface area contributed by atoms with E-state index in [4.69, 9.17) is 21.1 Å². The second-order valence-electron chi connectivity index (χ2n) is 4.21. The van der Waals surface area contributed by atoms with Gasteiger partial charge in [-0.1, -0.05) is 17.7 Å². The Bertz CT molecular complexity index is 610. The Morgan fingerprint density at radius 3 is 2.57 bits per heavy atom. The van der Waals surface area contributed by atoms with Gasteiger partial charge in [-0.05, 0) is 17.7 Å². The van der Waals surface area contributed by atoms with Gasteiger partial charge in [0.1, 0.15) is 0 Å². The zero-order chi connectivity index (χ0) is 15.2. The Kier molecular flexibility index (Phi) is 5.19. The number of hydrogen-bond acceptors (Lipinski definition) is 6. The smallest absolute Gasteiger partial charge is 0.171 e. The Labute approximate surface area is 127 Å². The molecule has 0 aliphatic carbocycles. The van der Waals surface area contributed by atoms with Gasteiger partial charge in [0, 0.05) is 18.9 Å². The molecule has 0 fully saturated rings. The summed E-state index contributed by atoms with van der Waals surface area (Å²) in [4.78, 5) is 7.95. The second-order valence-corrected chi connectivity index (χ2v) is 4.56. The van der Waals surface area contributed by atoms with Gasteiger partial charge in [-0.2, -0.15) is 0 Å². The van der Waals surface area contributed by atoms with Crippen LogP contribution in [0.25, 0.3) is 0 Å². The van der Waals surface area contributed by atoms with Crippen molar-refractivity contribution in [3.63, 3.8) is 0 Å². The predicted molar refractivity (Wildman–Crippen MR) is 80.0 cm³/mol. The number of aliphatic hydroxyl groups is 1. The average Bonchev–Trinajstić information content (AvgIpc) is 2.53. The summed E-state index contributed by atoms with van der Waals surface area (Å²) in [5.74, 6) is 1.60. The minimum atomic E-state index is -0.747. The van der Waals surface area contributed by atoms with Crippen LogP contribution in [0.3, 0.4) is 0 Å². The number of aromatic nitrogens is 2. The third-order valence-electron chi connectivity index (χ3n) is 2.91. The zero-order valence-electron chi connectivity index (χ0n) is 11.7. The lowest BCUT2D eigenvalue weighted by Crippen LogP contribution is -2.13. The highest BCUT2D eigenvalue weighted by Gasteiger charge is 2.12. The lowest BCUT2D eigenvalue weighted by atomic mass is 10.1. The van der Waals surface area contributed by atoms with E-state index in [0.29, 0.717) is 22.9 Å². The molecule has 0 saturated carbocycles. The molecule has 2 rings (SSSR count). The van der Waals surface area contributed by atoms with Crippen LogP contribution in [-0.4, -0.2) is 35.8 Å². The van der Waals surface area contributed by atoms with Crippen LogP contribution in [0.4, 0.5) is 5.82 Å². The van der Waals surface area contributed by atoms with Crippen molar-refractivity contribution >= 4 is 17.4 Å². The third-order valence-corrected chi connectivity index (χ3v) is 3.19. The van der Waals surface area contributed by atoms with Crippen molar-refractivity contribution in [2.75, 3.05) is 26.1 Å². The number of hydrogen-bond donors (Lipinski definition) is 2. The highest BCUT2D eigenvalue weighted by Crippen LogP contribution is 2.30. The van der Waals surface area contributed by atoms with Crippen molar-refractivity contribution in [3.8, 4) is 11.5 Å². The molecule has 2 aromatic rings. The highest BCUT2D eigenvalue weighted by molar-refractivity contribution is 6.31. The van der Waals surface area contributed by atoms with E-state index in [0.717, 1.165) is 0 Å². The molecule has 0 radical (unpaired) electrons. The van der Waals surface area contributed by atoms with E-state index < -0.39 is 6.10 Å². The predicted octanol–water partition coefficient (Wildman–Crippen LogP) is 2.29. The number of halogens is 1. The molecule has 0 aliphatic rings. The highest BCUT2D eigenvalue weighted by atomic mass is 35.5. The van der Waals surface area contributed by atoms with Crippen LogP contribution in [0.15, 0.2) is 30.6 Å². The molecule has 112 valence electrons. The zero-order valence-corrected chi connectivity index (χ0v) is 12.5. The van der Waals surface area contributed by atoms with Crippen molar-refractivity contribution in [2.45, 2.75) is 6.10 Å². The van der Waals surface area contributed by atoms with Crippen LogP contribution >= 0.6 is 11.6 Å². The minimum absolute atomic E-state index is 0.244. The van der Waals surface area contributed by atoms with Gasteiger partial charge in [0.05, 0.1) is 20.3 Å². The number of nitrogens with one attached hydrogen (secondary N) is 1. The molecule has 0 amide bonds. The Balaban J connectivity index is 2.06. The van der Waals surface area contributed by atoms with Crippen LogP contribution < -0.4 is 14.8 Å². The van der Waals surface area contributed by atoms with Crippen LogP contribution in [0.1, 0.15) is 11.7 Å². The maximum Gasteiger partial charge on any atom is 0.171 e. The largest absolute Gasteiger partial charge is 0.493 e. The maximum absolute atomic E-state index is 10.2. The van der Waals surface area contributed by atoms with Gasteiger partial charge < -0.3 is 19.9 Å². The summed E-state index contributed by atoms with van der Waals surface area (Å²) in [7, 11) is 3.11. The van der Waals surface area contributed by atoms with E-state index in [2.05, 4.69) is 15.3 Å². The summed E-state index contributed by atoms with van der Waals surface area (Å²) >= 11 is 5.89. The Morgan fingerprint density at radius 1 is 1.19 bits per heavy atom. The van der Waals surface area contributed by atoms with E-state index in [1.54, 1.807) is 32.4 Å². The fourth-order valence-electron chi connectivity index (χ4n) is 1.81.